The lowest BCUT2D eigenvalue weighted by molar-refractivity contribution is -0.126. The molecule has 0 aromatic rings. The summed E-state index contributed by atoms with van der Waals surface area (Å²) >= 11 is 0. The van der Waals surface area contributed by atoms with Gasteiger partial charge in [-0.3, -0.25) is 4.79 Å². The molecule has 1 atom stereocenters. The maximum atomic E-state index is 12.3. The van der Waals surface area contributed by atoms with E-state index >= 15 is 0 Å². The number of hydrogen-bond acceptors (Lipinski definition) is 2. The highest BCUT2D eigenvalue weighted by Crippen LogP contribution is 2.26. The highest BCUT2D eigenvalue weighted by atomic mass is 16.1. The summed E-state index contributed by atoms with van der Waals surface area (Å²) in [5, 5.41) is 12.3. The highest BCUT2D eigenvalue weighted by molar-refractivity contribution is 5.79. The predicted octanol–water partition coefficient (Wildman–Crippen LogP) is 3.79. The number of rotatable bonds is 7. The standard InChI is InChI=1S/C16H28N2O/c1-3-8-14(9-4-2)16(19)18-15(12-17)13-10-6-5-7-11-13/h13-15H,3-11H2,1-2H3,(H,18,19). The summed E-state index contributed by atoms with van der Waals surface area (Å²) in [6.45, 7) is 4.22. The summed E-state index contributed by atoms with van der Waals surface area (Å²) in [6.07, 6.45) is 9.77. The summed E-state index contributed by atoms with van der Waals surface area (Å²) in [7, 11) is 0. The normalized spacial score (nSPS) is 18.0. The lowest BCUT2D eigenvalue weighted by Gasteiger charge is -2.27. The summed E-state index contributed by atoms with van der Waals surface area (Å²) in [5.41, 5.74) is 0. The molecule has 0 saturated heterocycles. The van der Waals surface area contributed by atoms with Crippen LogP contribution in [0.5, 0.6) is 0 Å². The first-order valence-corrected chi connectivity index (χ1v) is 7.92. The van der Waals surface area contributed by atoms with Crippen LogP contribution in [0.25, 0.3) is 0 Å². The van der Waals surface area contributed by atoms with Crippen molar-refractivity contribution in [2.75, 3.05) is 0 Å². The third-order valence-corrected chi connectivity index (χ3v) is 4.20. The van der Waals surface area contributed by atoms with Crippen LogP contribution in [0.1, 0.15) is 71.6 Å². The fourth-order valence-electron chi connectivity index (χ4n) is 3.10. The first-order chi connectivity index (χ1) is 9.22. The Labute approximate surface area is 117 Å². The number of nitriles is 1. The predicted molar refractivity (Wildman–Crippen MR) is 77.4 cm³/mol. The first kappa shape index (κ1) is 16.0. The second kappa shape index (κ2) is 8.96. The minimum absolute atomic E-state index is 0.0921. The summed E-state index contributed by atoms with van der Waals surface area (Å²) in [6, 6.07) is 2.04. The van der Waals surface area contributed by atoms with Crippen molar-refractivity contribution in [3.8, 4) is 6.07 Å². The Hall–Kier alpha value is -1.04. The van der Waals surface area contributed by atoms with Gasteiger partial charge in [0, 0.05) is 5.92 Å². The smallest absolute Gasteiger partial charge is 0.224 e. The zero-order chi connectivity index (χ0) is 14.1. The van der Waals surface area contributed by atoms with E-state index < -0.39 is 0 Å². The van der Waals surface area contributed by atoms with E-state index in [0.717, 1.165) is 38.5 Å². The molecular formula is C16H28N2O. The zero-order valence-electron chi connectivity index (χ0n) is 12.5. The molecule has 0 spiro atoms. The van der Waals surface area contributed by atoms with E-state index in [4.69, 9.17) is 0 Å². The van der Waals surface area contributed by atoms with Crippen LogP contribution in [0, 0.1) is 23.2 Å². The van der Waals surface area contributed by atoms with Gasteiger partial charge >= 0.3 is 0 Å². The lowest BCUT2D eigenvalue weighted by Crippen LogP contribution is -2.43. The van der Waals surface area contributed by atoms with Crippen LogP contribution in [-0.4, -0.2) is 11.9 Å². The molecule has 19 heavy (non-hydrogen) atoms. The number of carbonyl (C=O) groups is 1. The number of nitrogens with zero attached hydrogens (tertiary/aromatic N) is 1. The number of hydrogen-bond donors (Lipinski definition) is 1. The van der Waals surface area contributed by atoms with Gasteiger partial charge in [-0.15, -0.1) is 0 Å². The molecule has 108 valence electrons. The highest BCUT2D eigenvalue weighted by Gasteiger charge is 2.27. The van der Waals surface area contributed by atoms with Crippen molar-refractivity contribution in [1.29, 1.82) is 5.26 Å². The van der Waals surface area contributed by atoms with Crippen LogP contribution < -0.4 is 5.32 Å². The van der Waals surface area contributed by atoms with Crippen LogP contribution in [0.15, 0.2) is 0 Å². The van der Waals surface area contributed by atoms with Gasteiger partial charge in [0.15, 0.2) is 0 Å². The molecule has 0 radical (unpaired) electrons. The van der Waals surface area contributed by atoms with E-state index in [1.54, 1.807) is 0 Å². The van der Waals surface area contributed by atoms with E-state index in [2.05, 4.69) is 25.2 Å². The zero-order valence-corrected chi connectivity index (χ0v) is 12.5. The molecular weight excluding hydrogens is 236 g/mol. The Morgan fingerprint density at radius 1 is 1.21 bits per heavy atom. The van der Waals surface area contributed by atoms with Gasteiger partial charge in [0.2, 0.25) is 5.91 Å². The SMILES string of the molecule is CCCC(CCC)C(=O)NC(C#N)C1CCCCC1. The van der Waals surface area contributed by atoms with Crippen LogP contribution in [0.4, 0.5) is 0 Å². The van der Waals surface area contributed by atoms with E-state index in [1.165, 1.54) is 19.3 Å². The molecule has 1 rings (SSSR count). The first-order valence-electron chi connectivity index (χ1n) is 7.92. The molecule has 3 heteroatoms. The molecule has 0 aliphatic heterocycles. The fraction of sp³-hybridized carbons (Fsp3) is 0.875. The van der Waals surface area contributed by atoms with Gasteiger partial charge in [-0.1, -0.05) is 46.0 Å². The second-order valence-electron chi connectivity index (χ2n) is 5.79. The van der Waals surface area contributed by atoms with Crippen LogP contribution in [0.3, 0.4) is 0 Å². The summed E-state index contributed by atoms with van der Waals surface area (Å²) < 4.78 is 0. The van der Waals surface area contributed by atoms with Crippen molar-refractivity contribution in [3.05, 3.63) is 0 Å². The molecule has 1 unspecified atom stereocenters. The maximum Gasteiger partial charge on any atom is 0.224 e. The number of carbonyl (C=O) groups excluding carboxylic acids is 1. The lowest BCUT2D eigenvalue weighted by atomic mass is 9.84. The van der Waals surface area contributed by atoms with Gasteiger partial charge in [-0.05, 0) is 31.6 Å². The third kappa shape index (κ3) is 5.22. The Balaban J connectivity index is 2.53. The van der Waals surface area contributed by atoms with Crippen molar-refractivity contribution in [3.63, 3.8) is 0 Å². The van der Waals surface area contributed by atoms with E-state index in [-0.39, 0.29) is 17.9 Å². The number of nitrogens with one attached hydrogen (secondary N) is 1. The molecule has 0 aromatic carbocycles. The molecule has 0 aromatic heterocycles. The minimum Gasteiger partial charge on any atom is -0.340 e. The van der Waals surface area contributed by atoms with Crippen LogP contribution >= 0.6 is 0 Å². The van der Waals surface area contributed by atoms with Gasteiger partial charge < -0.3 is 5.32 Å². The number of amides is 1. The van der Waals surface area contributed by atoms with Gasteiger partial charge in [0.05, 0.1) is 6.07 Å². The monoisotopic (exact) mass is 264 g/mol. The Bertz CT molecular complexity index is 296. The van der Waals surface area contributed by atoms with Gasteiger partial charge in [0.25, 0.3) is 0 Å². The van der Waals surface area contributed by atoms with Gasteiger partial charge in [-0.2, -0.15) is 5.26 Å². The average molecular weight is 264 g/mol. The van der Waals surface area contributed by atoms with E-state index in [0.29, 0.717) is 5.92 Å². The molecule has 3 nitrogen and oxygen atoms in total. The Morgan fingerprint density at radius 3 is 2.26 bits per heavy atom. The topological polar surface area (TPSA) is 52.9 Å². The molecule has 1 aliphatic rings. The van der Waals surface area contributed by atoms with Crippen molar-refractivity contribution < 1.29 is 4.79 Å². The molecule has 0 heterocycles. The average Bonchev–Trinajstić information content (AvgIpc) is 2.45. The molecule has 1 aliphatic carbocycles. The van der Waals surface area contributed by atoms with Crippen LogP contribution in [-0.2, 0) is 4.79 Å². The van der Waals surface area contributed by atoms with Gasteiger partial charge in [0.1, 0.15) is 6.04 Å². The van der Waals surface area contributed by atoms with Crippen molar-refractivity contribution >= 4 is 5.91 Å². The molecule has 1 fully saturated rings. The van der Waals surface area contributed by atoms with E-state index in [1.807, 2.05) is 0 Å². The quantitative estimate of drug-likeness (QED) is 0.760. The molecule has 0 bridgehead atoms. The van der Waals surface area contributed by atoms with Crippen LogP contribution in [0.2, 0.25) is 0 Å². The molecule has 1 amide bonds. The summed E-state index contributed by atoms with van der Waals surface area (Å²) in [4.78, 5) is 12.3. The molecule has 1 saturated carbocycles. The largest absolute Gasteiger partial charge is 0.340 e. The maximum absolute atomic E-state index is 12.3. The third-order valence-electron chi connectivity index (χ3n) is 4.20. The van der Waals surface area contributed by atoms with Crippen molar-refractivity contribution in [2.24, 2.45) is 11.8 Å². The Morgan fingerprint density at radius 2 is 1.79 bits per heavy atom. The fourth-order valence-corrected chi connectivity index (χ4v) is 3.10. The van der Waals surface area contributed by atoms with Crippen molar-refractivity contribution in [1.82, 2.24) is 5.32 Å². The Kier molecular flexibility index (Phi) is 7.55. The second-order valence-corrected chi connectivity index (χ2v) is 5.79. The van der Waals surface area contributed by atoms with Crippen molar-refractivity contribution in [2.45, 2.75) is 77.7 Å². The summed E-state index contributed by atoms with van der Waals surface area (Å²) in [5.74, 6) is 0.557. The van der Waals surface area contributed by atoms with E-state index in [9.17, 15) is 10.1 Å². The molecule has 1 N–H and O–H groups in total. The van der Waals surface area contributed by atoms with Gasteiger partial charge in [-0.25, -0.2) is 0 Å². The minimum atomic E-state index is -0.274.